The van der Waals surface area contributed by atoms with E-state index in [1.807, 2.05) is 4.90 Å². The number of hydrogen-bond donors (Lipinski definition) is 0. The van der Waals surface area contributed by atoms with Gasteiger partial charge in [0, 0.05) is 33.2 Å². The fraction of sp³-hybridized carbons (Fsp3) is 0.981. The third kappa shape index (κ3) is 23.6. The molecule has 4 nitrogen and oxygen atoms in total. The summed E-state index contributed by atoms with van der Waals surface area (Å²) in [4.78, 5) is 15.4. The lowest BCUT2D eigenvalue weighted by Gasteiger charge is -2.37. The Hall–Kier alpha value is -0.610. The van der Waals surface area contributed by atoms with Crippen LogP contribution in [0, 0.1) is 70.0 Å². The summed E-state index contributed by atoms with van der Waals surface area (Å²) in [6.45, 7) is 40.8. The Kier molecular flexibility index (Phi) is 28.3. The van der Waals surface area contributed by atoms with Crippen molar-refractivity contribution < 1.29 is 9.53 Å². The van der Waals surface area contributed by atoms with Crippen LogP contribution < -0.4 is 0 Å². The lowest BCUT2D eigenvalue weighted by Crippen LogP contribution is -2.38. The van der Waals surface area contributed by atoms with Gasteiger partial charge in [-0.1, -0.05) is 168 Å². The van der Waals surface area contributed by atoms with E-state index in [1.165, 1.54) is 135 Å². The molecule has 4 heteroatoms. The van der Waals surface area contributed by atoms with Crippen molar-refractivity contribution in [3.63, 3.8) is 0 Å². The molecule has 0 aromatic carbocycles. The summed E-state index contributed by atoms with van der Waals surface area (Å²) in [6, 6.07) is 0. The third-order valence-electron chi connectivity index (χ3n) is 16.2. The first-order valence-corrected chi connectivity index (χ1v) is 25.7. The topological polar surface area (TPSA) is 32.8 Å². The Labute approximate surface area is 366 Å². The van der Waals surface area contributed by atoms with E-state index in [2.05, 4.69) is 109 Å². The maximum atomic E-state index is 11.0. The van der Waals surface area contributed by atoms with Crippen molar-refractivity contribution in [2.75, 3.05) is 46.4 Å². The molecule has 0 bridgehead atoms. The van der Waals surface area contributed by atoms with Crippen LogP contribution >= 0.6 is 0 Å². The van der Waals surface area contributed by atoms with Gasteiger partial charge in [-0.2, -0.15) is 0 Å². The third-order valence-corrected chi connectivity index (χ3v) is 16.2. The number of likely N-dealkylation sites (tertiary alicyclic amines) is 2. The molecule has 3 saturated carbocycles. The van der Waals surface area contributed by atoms with Crippen LogP contribution in [0.1, 0.15) is 226 Å². The summed E-state index contributed by atoms with van der Waals surface area (Å²) in [5.74, 6) is 9.55. The molecule has 0 unspecified atom stereocenters. The van der Waals surface area contributed by atoms with Gasteiger partial charge >= 0.3 is 0 Å². The minimum atomic E-state index is 0.234. The van der Waals surface area contributed by atoms with Crippen LogP contribution in [-0.4, -0.2) is 62.1 Å². The molecule has 0 spiro atoms. The quantitative estimate of drug-likeness (QED) is 0.277. The Bertz CT molecular complexity index is 951. The van der Waals surface area contributed by atoms with Gasteiger partial charge in [-0.25, -0.2) is 0 Å². The molecule has 0 N–H and O–H groups in total. The highest BCUT2D eigenvalue weighted by Gasteiger charge is 2.31. The van der Waals surface area contributed by atoms with E-state index in [9.17, 15) is 4.79 Å². The molecule has 3 aliphatic heterocycles. The highest BCUT2D eigenvalue weighted by atomic mass is 16.5. The molecule has 1 amide bonds. The fourth-order valence-electron chi connectivity index (χ4n) is 9.87. The summed E-state index contributed by atoms with van der Waals surface area (Å²) in [5.41, 5.74) is 1.15. The van der Waals surface area contributed by atoms with E-state index in [-0.39, 0.29) is 5.91 Å². The van der Waals surface area contributed by atoms with Crippen LogP contribution in [0.4, 0.5) is 0 Å². The maximum absolute atomic E-state index is 11.0. The predicted octanol–water partition coefficient (Wildman–Crippen LogP) is 15.6. The molecule has 0 aromatic heterocycles. The van der Waals surface area contributed by atoms with Crippen molar-refractivity contribution in [1.29, 1.82) is 0 Å². The van der Waals surface area contributed by atoms with Crippen molar-refractivity contribution in [2.45, 2.75) is 226 Å². The van der Waals surface area contributed by atoms with Gasteiger partial charge in [0.15, 0.2) is 0 Å². The molecule has 3 aliphatic carbocycles. The van der Waals surface area contributed by atoms with E-state index in [0.29, 0.717) is 10.8 Å². The molecule has 58 heavy (non-hydrogen) atoms. The van der Waals surface area contributed by atoms with Crippen LogP contribution in [0.5, 0.6) is 0 Å². The maximum Gasteiger partial charge on any atom is 0.219 e. The molecular weight excluding hydrogens is 709 g/mol. The monoisotopic (exact) mass is 817 g/mol. The molecule has 0 radical (unpaired) electrons. The van der Waals surface area contributed by atoms with Crippen LogP contribution in [-0.2, 0) is 9.53 Å². The Balaban J connectivity index is 0.000000349. The summed E-state index contributed by atoms with van der Waals surface area (Å²) in [6.07, 6.45) is 27.0. The number of amides is 1. The van der Waals surface area contributed by atoms with Crippen molar-refractivity contribution in [1.82, 2.24) is 9.80 Å². The number of ether oxygens (including phenoxy) is 1. The zero-order valence-electron chi connectivity index (χ0n) is 42.7. The average molecular weight is 817 g/mol. The van der Waals surface area contributed by atoms with Gasteiger partial charge in [0.05, 0.1) is 0 Å². The molecule has 0 atom stereocenters. The molecular formula is C54H108N2O2. The minimum absolute atomic E-state index is 0.234. The van der Waals surface area contributed by atoms with Gasteiger partial charge in [-0.05, 0) is 142 Å². The van der Waals surface area contributed by atoms with Gasteiger partial charge < -0.3 is 14.5 Å². The van der Waals surface area contributed by atoms with E-state index < -0.39 is 0 Å². The van der Waals surface area contributed by atoms with Crippen molar-refractivity contribution in [3.8, 4) is 0 Å². The summed E-state index contributed by atoms with van der Waals surface area (Å²) in [7, 11) is 2.22. The Morgan fingerprint density at radius 1 is 0.534 bits per heavy atom. The second-order valence-corrected chi connectivity index (χ2v) is 23.2. The zero-order chi connectivity index (χ0) is 43.9. The standard InChI is InChI=1S/C10H19NO.C9H19N.C9H18O.2C9H18.C8H16/c1-8(2)10-4-6-11(7-5-10)9(3)12;1-8(2)9-4-6-10(3)7-5-9;1-8(2)9(3)4-6-10-7-5-9;2*1-8(2)9-6-4-3-5-7-9;1-8(2,3)7-5-4-6-7/h8,10H,4-7H2,1-3H3;8-9H,4-7H2,1-3H3;8H,4-7H2,1-3H3;2*8-9H,3-7H2,1-2H3;7H,4-6H2,1-3H3. The van der Waals surface area contributed by atoms with Gasteiger partial charge in [0.2, 0.25) is 5.91 Å². The summed E-state index contributed by atoms with van der Waals surface area (Å²) in [5, 5.41) is 0. The Morgan fingerprint density at radius 3 is 1.10 bits per heavy atom. The Morgan fingerprint density at radius 2 is 0.879 bits per heavy atom. The molecule has 6 aliphatic rings. The van der Waals surface area contributed by atoms with E-state index in [1.54, 1.807) is 6.92 Å². The number of rotatable bonds is 5. The predicted molar refractivity (Wildman–Crippen MR) is 257 cm³/mol. The van der Waals surface area contributed by atoms with Gasteiger partial charge in [0.25, 0.3) is 0 Å². The molecule has 3 heterocycles. The minimum Gasteiger partial charge on any atom is -0.381 e. The number of nitrogens with zero attached hydrogens (tertiary/aromatic N) is 2. The van der Waals surface area contributed by atoms with E-state index in [4.69, 9.17) is 4.74 Å². The molecule has 0 aromatic rings. The van der Waals surface area contributed by atoms with Crippen LogP contribution in [0.25, 0.3) is 0 Å². The zero-order valence-corrected chi connectivity index (χ0v) is 42.7. The lowest BCUT2D eigenvalue weighted by atomic mass is 9.69. The number of carbonyl (C=O) groups is 1. The highest BCUT2D eigenvalue weighted by Crippen LogP contribution is 2.41. The van der Waals surface area contributed by atoms with Crippen molar-refractivity contribution >= 4 is 5.91 Å². The van der Waals surface area contributed by atoms with E-state index >= 15 is 0 Å². The average Bonchev–Trinajstić information content (AvgIpc) is 3.16. The van der Waals surface area contributed by atoms with Crippen LogP contribution in [0.15, 0.2) is 0 Å². The lowest BCUT2D eigenvalue weighted by molar-refractivity contribution is -0.130. The molecule has 3 saturated heterocycles. The summed E-state index contributed by atoms with van der Waals surface area (Å²) >= 11 is 0. The van der Waals surface area contributed by atoms with Gasteiger partial charge in [0.1, 0.15) is 0 Å². The van der Waals surface area contributed by atoms with Crippen LogP contribution in [0.2, 0.25) is 0 Å². The molecule has 6 rings (SSSR count). The van der Waals surface area contributed by atoms with Crippen LogP contribution in [0.3, 0.4) is 0 Å². The normalized spacial score (nSPS) is 22.9. The smallest absolute Gasteiger partial charge is 0.219 e. The van der Waals surface area contributed by atoms with E-state index in [0.717, 1.165) is 85.5 Å². The van der Waals surface area contributed by atoms with Gasteiger partial charge in [-0.15, -0.1) is 0 Å². The SMILES string of the molecule is CC(=O)N1CCC(C(C)C)CC1.CC(C)(C)C1CCC1.CC(C)C1(C)CCOCC1.CC(C)C1CCCCC1.CC(C)C1CCCCC1.CC(C)C1CCN(C)CC1. The van der Waals surface area contributed by atoms with Gasteiger partial charge in [-0.3, -0.25) is 4.79 Å². The second-order valence-electron chi connectivity index (χ2n) is 23.2. The summed E-state index contributed by atoms with van der Waals surface area (Å²) < 4.78 is 5.32. The second kappa shape index (κ2) is 29.6. The largest absolute Gasteiger partial charge is 0.381 e. The molecule has 346 valence electrons. The first-order valence-electron chi connectivity index (χ1n) is 25.7. The highest BCUT2D eigenvalue weighted by molar-refractivity contribution is 5.73. The first kappa shape index (κ1) is 55.4. The molecule has 6 fully saturated rings. The number of carbonyl (C=O) groups excluding carboxylic acids is 1. The fourth-order valence-corrected chi connectivity index (χ4v) is 9.87. The number of piperidine rings is 2. The first-order chi connectivity index (χ1) is 27.2. The van der Waals surface area contributed by atoms with Crippen molar-refractivity contribution in [2.24, 2.45) is 70.0 Å². The van der Waals surface area contributed by atoms with Crippen molar-refractivity contribution in [3.05, 3.63) is 0 Å². The number of hydrogen-bond acceptors (Lipinski definition) is 3.